The lowest BCUT2D eigenvalue weighted by atomic mass is 9.97. The van der Waals surface area contributed by atoms with Crippen molar-refractivity contribution >= 4 is 23.2 Å². The molecule has 2 aromatic rings. The van der Waals surface area contributed by atoms with Crippen LogP contribution in [0, 0.1) is 5.92 Å². The number of rotatable bonds is 6. The van der Waals surface area contributed by atoms with Crippen molar-refractivity contribution in [2.75, 3.05) is 13.2 Å². The fourth-order valence-electron chi connectivity index (χ4n) is 3.31. The Morgan fingerprint density at radius 3 is 2.74 bits per heavy atom. The molecule has 1 aromatic carbocycles. The maximum Gasteiger partial charge on any atom is 0.262 e. The SMILES string of the molecule is CCOc1ccc2c(c1)CN(C(=O)C(NC(=O)c1cccs1)C(C)C)CC2. The van der Waals surface area contributed by atoms with Crippen LogP contribution < -0.4 is 10.1 Å². The zero-order valence-corrected chi connectivity index (χ0v) is 16.8. The molecule has 27 heavy (non-hydrogen) atoms. The maximum absolute atomic E-state index is 13.1. The predicted molar refractivity (Wildman–Crippen MR) is 107 cm³/mol. The first kappa shape index (κ1) is 19.4. The molecule has 0 spiro atoms. The van der Waals surface area contributed by atoms with Crippen LogP contribution in [0.5, 0.6) is 5.75 Å². The molecule has 5 nitrogen and oxygen atoms in total. The minimum atomic E-state index is -0.531. The van der Waals surface area contributed by atoms with E-state index in [0.29, 0.717) is 24.6 Å². The molecule has 0 fully saturated rings. The summed E-state index contributed by atoms with van der Waals surface area (Å²) in [5.74, 6) is 0.630. The molecule has 0 radical (unpaired) electrons. The largest absolute Gasteiger partial charge is 0.494 e. The van der Waals surface area contributed by atoms with Crippen molar-refractivity contribution in [3.8, 4) is 5.75 Å². The highest BCUT2D eigenvalue weighted by Gasteiger charge is 2.31. The second-order valence-corrected chi connectivity index (χ2v) is 7.99. The molecule has 1 aliphatic rings. The van der Waals surface area contributed by atoms with Gasteiger partial charge in [-0.2, -0.15) is 0 Å². The number of carbonyl (C=O) groups excluding carboxylic acids is 2. The van der Waals surface area contributed by atoms with Crippen molar-refractivity contribution in [2.45, 2.75) is 39.8 Å². The van der Waals surface area contributed by atoms with Crippen molar-refractivity contribution in [1.82, 2.24) is 10.2 Å². The van der Waals surface area contributed by atoms with Crippen LogP contribution in [0.2, 0.25) is 0 Å². The first-order valence-corrected chi connectivity index (χ1v) is 10.2. The van der Waals surface area contributed by atoms with Crippen molar-refractivity contribution in [3.05, 3.63) is 51.7 Å². The Balaban J connectivity index is 1.73. The van der Waals surface area contributed by atoms with Crippen molar-refractivity contribution in [3.63, 3.8) is 0 Å². The molecular weight excluding hydrogens is 360 g/mol. The second-order valence-electron chi connectivity index (χ2n) is 7.05. The van der Waals surface area contributed by atoms with Gasteiger partial charge in [-0.25, -0.2) is 0 Å². The maximum atomic E-state index is 13.1. The zero-order chi connectivity index (χ0) is 19.4. The van der Waals surface area contributed by atoms with E-state index in [2.05, 4.69) is 11.4 Å². The Labute approximate surface area is 164 Å². The van der Waals surface area contributed by atoms with E-state index in [1.807, 2.05) is 49.3 Å². The average molecular weight is 387 g/mol. The molecule has 2 heterocycles. The summed E-state index contributed by atoms with van der Waals surface area (Å²) >= 11 is 1.38. The Morgan fingerprint density at radius 2 is 2.07 bits per heavy atom. The number of nitrogens with zero attached hydrogens (tertiary/aromatic N) is 1. The van der Waals surface area contributed by atoms with Gasteiger partial charge in [-0.15, -0.1) is 11.3 Å². The van der Waals surface area contributed by atoms with E-state index in [4.69, 9.17) is 4.74 Å². The van der Waals surface area contributed by atoms with E-state index in [-0.39, 0.29) is 17.7 Å². The van der Waals surface area contributed by atoms with Crippen molar-refractivity contribution < 1.29 is 14.3 Å². The average Bonchev–Trinajstić information content (AvgIpc) is 3.20. The quantitative estimate of drug-likeness (QED) is 0.827. The molecule has 1 aliphatic heterocycles. The molecule has 1 N–H and O–H groups in total. The summed E-state index contributed by atoms with van der Waals surface area (Å²) in [7, 11) is 0. The monoisotopic (exact) mass is 386 g/mol. The molecule has 6 heteroatoms. The number of fused-ring (bicyclic) bond motifs is 1. The van der Waals surface area contributed by atoms with E-state index >= 15 is 0 Å². The molecular formula is C21H26N2O3S. The van der Waals surface area contributed by atoms with Gasteiger partial charge in [0.25, 0.3) is 5.91 Å². The van der Waals surface area contributed by atoms with Crippen LogP contribution in [0.15, 0.2) is 35.7 Å². The van der Waals surface area contributed by atoms with Crippen molar-refractivity contribution in [1.29, 1.82) is 0 Å². The van der Waals surface area contributed by atoms with Crippen LogP contribution in [0.1, 0.15) is 41.6 Å². The van der Waals surface area contributed by atoms with E-state index in [1.165, 1.54) is 16.9 Å². The van der Waals surface area contributed by atoms with Gasteiger partial charge in [0.05, 0.1) is 11.5 Å². The predicted octanol–water partition coefficient (Wildman–Crippen LogP) is 3.49. The van der Waals surface area contributed by atoms with Gasteiger partial charge in [0.1, 0.15) is 11.8 Å². The highest BCUT2D eigenvalue weighted by molar-refractivity contribution is 7.12. The number of thiophene rings is 1. The molecule has 0 saturated heterocycles. The van der Waals surface area contributed by atoms with E-state index in [9.17, 15) is 9.59 Å². The molecule has 0 bridgehead atoms. The highest BCUT2D eigenvalue weighted by atomic mass is 32.1. The van der Waals surface area contributed by atoms with Crippen LogP contribution in [-0.4, -0.2) is 35.9 Å². The van der Waals surface area contributed by atoms with E-state index in [1.54, 1.807) is 6.07 Å². The van der Waals surface area contributed by atoms with Gasteiger partial charge in [-0.05, 0) is 54.0 Å². The van der Waals surface area contributed by atoms with Crippen LogP contribution in [0.4, 0.5) is 0 Å². The van der Waals surface area contributed by atoms with Gasteiger partial charge in [-0.1, -0.05) is 26.0 Å². The summed E-state index contributed by atoms with van der Waals surface area (Å²) in [5, 5.41) is 4.79. The topological polar surface area (TPSA) is 58.6 Å². The van der Waals surface area contributed by atoms with E-state index in [0.717, 1.165) is 17.7 Å². The lowest BCUT2D eigenvalue weighted by molar-refractivity contribution is -0.135. The Hall–Kier alpha value is -2.34. The summed E-state index contributed by atoms with van der Waals surface area (Å²) < 4.78 is 5.59. The smallest absolute Gasteiger partial charge is 0.262 e. The molecule has 1 atom stereocenters. The van der Waals surface area contributed by atoms with Gasteiger partial charge in [0.2, 0.25) is 5.91 Å². The molecule has 0 aliphatic carbocycles. The first-order valence-electron chi connectivity index (χ1n) is 9.37. The first-order chi connectivity index (χ1) is 13.0. The third-order valence-electron chi connectivity index (χ3n) is 4.78. The second kappa shape index (κ2) is 8.57. The summed E-state index contributed by atoms with van der Waals surface area (Å²) in [5.41, 5.74) is 2.37. The van der Waals surface area contributed by atoms with Gasteiger partial charge in [0.15, 0.2) is 0 Å². The molecule has 1 aromatic heterocycles. The van der Waals surface area contributed by atoms with Crippen LogP contribution in [0.25, 0.3) is 0 Å². The lowest BCUT2D eigenvalue weighted by Crippen LogP contribution is -2.52. The number of hydrogen-bond donors (Lipinski definition) is 1. The molecule has 1 unspecified atom stereocenters. The molecule has 144 valence electrons. The van der Waals surface area contributed by atoms with Crippen LogP contribution in [0.3, 0.4) is 0 Å². The van der Waals surface area contributed by atoms with E-state index < -0.39 is 6.04 Å². The van der Waals surface area contributed by atoms with Crippen LogP contribution >= 0.6 is 11.3 Å². The number of benzene rings is 1. The number of hydrogen-bond acceptors (Lipinski definition) is 4. The summed E-state index contributed by atoms with van der Waals surface area (Å²) in [6.07, 6.45) is 0.817. The minimum Gasteiger partial charge on any atom is -0.494 e. The zero-order valence-electron chi connectivity index (χ0n) is 16.0. The van der Waals surface area contributed by atoms with Crippen molar-refractivity contribution in [2.24, 2.45) is 5.92 Å². The number of amides is 2. The number of ether oxygens (including phenoxy) is 1. The van der Waals surface area contributed by atoms with Gasteiger partial charge >= 0.3 is 0 Å². The van der Waals surface area contributed by atoms with Gasteiger partial charge in [0, 0.05) is 13.1 Å². The molecule has 2 amide bonds. The summed E-state index contributed by atoms with van der Waals surface area (Å²) in [6, 6.07) is 9.17. The number of carbonyl (C=O) groups is 2. The lowest BCUT2D eigenvalue weighted by Gasteiger charge is -2.33. The third-order valence-corrected chi connectivity index (χ3v) is 5.65. The Morgan fingerprint density at radius 1 is 1.26 bits per heavy atom. The minimum absolute atomic E-state index is 0.0116. The number of nitrogens with one attached hydrogen (secondary N) is 1. The third kappa shape index (κ3) is 4.50. The van der Waals surface area contributed by atoms with Gasteiger partial charge in [-0.3, -0.25) is 9.59 Å². The fourth-order valence-corrected chi connectivity index (χ4v) is 3.94. The molecule has 3 rings (SSSR count). The Bertz CT molecular complexity index is 802. The standard InChI is InChI=1S/C21H26N2O3S/c1-4-26-17-8-7-15-9-10-23(13-16(15)12-17)21(25)19(14(2)3)22-20(24)18-6-5-11-27-18/h5-8,11-12,14,19H,4,9-10,13H2,1-3H3,(H,22,24). The summed E-state index contributed by atoms with van der Waals surface area (Å²) in [6.45, 7) is 7.71. The molecule has 0 saturated carbocycles. The fraction of sp³-hybridized carbons (Fsp3) is 0.429. The normalized spacial score (nSPS) is 14.6. The van der Waals surface area contributed by atoms with Crippen LogP contribution in [-0.2, 0) is 17.8 Å². The van der Waals surface area contributed by atoms with Gasteiger partial charge < -0.3 is 15.0 Å². The Kier molecular flexibility index (Phi) is 6.16. The highest BCUT2D eigenvalue weighted by Crippen LogP contribution is 2.25. The summed E-state index contributed by atoms with van der Waals surface area (Å²) in [4.78, 5) is 28.1.